The number of anilines is 1. The molecule has 2 saturated heterocycles. The summed E-state index contributed by atoms with van der Waals surface area (Å²) in [5, 5.41) is 17.4. The second-order valence-corrected chi connectivity index (χ2v) is 20.1. The van der Waals surface area contributed by atoms with Crippen LogP contribution in [0.2, 0.25) is 30.7 Å². The SMILES string of the molecule is C[Si](C)(C)CCOCn1ncc2c(N3CCc4c(O)nc(OC[C@@]56CCCN5C[C@H](F)C6)nc4C3)c(C3CC3)c(Cl)cc21. The van der Waals surface area contributed by atoms with Crippen molar-refractivity contribution in [3.8, 4) is 11.9 Å². The number of fused-ring (bicyclic) bond motifs is 3. The minimum Gasteiger partial charge on any atom is -0.493 e. The van der Waals surface area contributed by atoms with Gasteiger partial charge in [0.2, 0.25) is 5.88 Å². The Bertz CT molecular complexity index is 1530. The Morgan fingerprint density at radius 1 is 1.21 bits per heavy atom. The summed E-state index contributed by atoms with van der Waals surface area (Å²) in [5.74, 6) is 0.402. The predicted molar refractivity (Wildman–Crippen MR) is 168 cm³/mol. The van der Waals surface area contributed by atoms with Gasteiger partial charge in [0, 0.05) is 50.2 Å². The first-order valence-corrected chi connectivity index (χ1v) is 19.8. The van der Waals surface area contributed by atoms with Crippen LogP contribution in [0.25, 0.3) is 10.9 Å². The molecule has 232 valence electrons. The molecule has 1 aliphatic carbocycles. The van der Waals surface area contributed by atoms with Crippen LogP contribution in [0.1, 0.15) is 54.8 Å². The summed E-state index contributed by atoms with van der Waals surface area (Å²) in [5.41, 5.74) is 4.44. The highest BCUT2D eigenvalue weighted by atomic mass is 35.5. The molecule has 0 unspecified atom stereocenters. The topological polar surface area (TPSA) is 88.8 Å². The molecule has 43 heavy (non-hydrogen) atoms. The number of alkyl halides is 1. The molecule has 9 nitrogen and oxygen atoms in total. The third kappa shape index (κ3) is 5.73. The van der Waals surface area contributed by atoms with Crippen LogP contribution in [0, 0.1) is 0 Å². The molecule has 2 aromatic heterocycles. The van der Waals surface area contributed by atoms with Crippen molar-refractivity contribution in [1.82, 2.24) is 24.6 Å². The number of hydrogen-bond acceptors (Lipinski definition) is 8. The quantitative estimate of drug-likeness (QED) is 0.220. The fraction of sp³-hybridized carbons (Fsp3) is 0.645. The average Bonchev–Trinajstić information content (AvgIpc) is 3.48. The fourth-order valence-electron chi connectivity index (χ4n) is 7.21. The molecule has 12 heteroatoms. The summed E-state index contributed by atoms with van der Waals surface area (Å²) in [4.78, 5) is 13.6. The van der Waals surface area contributed by atoms with Crippen LogP contribution in [0.5, 0.6) is 11.9 Å². The first-order chi connectivity index (χ1) is 20.6. The molecular formula is C31H42ClFN6O3Si. The maximum atomic E-state index is 14.3. The number of halogens is 2. The molecule has 0 spiro atoms. The number of aromatic nitrogens is 4. The van der Waals surface area contributed by atoms with Crippen LogP contribution in [0.3, 0.4) is 0 Å². The third-order valence-corrected chi connectivity index (χ3v) is 11.7. The van der Waals surface area contributed by atoms with Crippen molar-refractivity contribution in [2.75, 3.05) is 37.7 Å². The van der Waals surface area contributed by atoms with Crippen LogP contribution in [-0.4, -0.2) is 82.4 Å². The highest BCUT2D eigenvalue weighted by Crippen LogP contribution is 2.51. The first kappa shape index (κ1) is 29.2. The zero-order valence-electron chi connectivity index (χ0n) is 25.4. The Morgan fingerprint density at radius 3 is 2.84 bits per heavy atom. The summed E-state index contributed by atoms with van der Waals surface area (Å²) in [6.07, 6.45) is 6.38. The van der Waals surface area contributed by atoms with Gasteiger partial charge >= 0.3 is 6.01 Å². The summed E-state index contributed by atoms with van der Waals surface area (Å²) in [7, 11) is -1.18. The second kappa shape index (κ2) is 11.2. The molecule has 5 heterocycles. The minimum atomic E-state index is -1.18. The molecule has 0 radical (unpaired) electrons. The van der Waals surface area contributed by atoms with Gasteiger partial charge in [-0.3, -0.25) is 4.90 Å². The Kier molecular flexibility index (Phi) is 7.59. The number of ether oxygens (including phenoxy) is 2. The zero-order chi connectivity index (χ0) is 29.9. The van der Waals surface area contributed by atoms with Gasteiger partial charge in [-0.05, 0) is 62.2 Å². The number of benzene rings is 1. The Balaban J connectivity index is 1.15. The lowest BCUT2D eigenvalue weighted by Gasteiger charge is -2.33. The maximum Gasteiger partial charge on any atom is 0.320 e. The maximum absolute atomic E-state index is 14.3. The van der Waals surface area contributed by atoms with Crippen molar-refractivity contribution in [1.29, 1.82) is 0 Å². The van der Waals surface area contributed by atoms with Crippen LogP contribution in [-0.2, 0) is 24.4 Å². The van der Waals surface area contributed by atoms with Gasteiger partial charge < -0.3 is 19.5 Å². The molecule has 3 aliphatic heterocycles. The molecule has 0 amide bonds. The number of hydrogen-bond donors (Lipinski definition) is 1. The first-order valence-electron chi connectivity index (χ1n) is 15.7. The Hall–Kier alpha value is -2.47. The van der Waals surface area contributed by atoms with E-state index in [4.69, 9.17) is 31.2 Å². The molecular weight excluding hydrogens is 587 g/mol. The molecule has 0 bridgehead atoms. The lowest BCUT2D eigenvalue weighted by molar-refractivity contribution is 0.0817. The van der Waals surface area contributed by atoms with Crippen molar-refractivity contribution in [2.45, 2.75) is 95.1 Å². The van der Waals surface area contributed by atoms with Gasteiger partial charge in [-0.15, -0.1) is 0 Å². The summed E-state index contributed by atoms with van der Waals surface area (Å²) in [6, 6.07) is 3.30. The van der Waals surface area contributed by atoms with Crippen molar-refractivity contribution in [2.24, 2.45) is 0 Å². The van der Waals surface area contributed by atoms with Crippen LogP contribution < -0.4 is 9.64 Å². The molecule has 1 saturated carbocycles. The molecule has 2 atom stereocenters. The molecule has 3 aromatic rings. The van der Waals surface area contributed by atoms with Crippen molar-refractivity contribution in [3.05, 3.63) is 34.1 Å². The number of rotatable bonds is 10. The van der Waals surface area contributed by atoms with Gasteiger partial charge in [-0.1, -0.05) is 31.2 Å². The van der Waals surface area contributed by atoms with Crippen molar-refractivity contribution in [3.63, 3.8) is 0 Å². The van der Waals surface area contributed by atoms with E-state index in [1.165, 1.54) is 5.56 Å². The van der Waals surface area contributed by atoms with E-state index in [1.807, 2.05) is 16.9 Å². The normalized spacial score (nSPS) is 24.1. The van der Waals surface area contributed by atoms with Crippen LogP contribution in [0.4, 0.5) is 10.1 Å². The van der Waals surface area contributed by atoms with E-state index in [0.717, 1.165) is 77.7 Å². The zero-order valence-corrected chi connectivity index (χ0v) is 27.2. The van der Waals surface area contributed by atoms with Crippen molar-refractivity contribution < 1.29 is 19.0 Å². The van der Waals surface area contributed by atoms with E-state index in [1.54, 1.807) is 0 Å². The Labute approximate surface area is 258 Å². The molecule has 7 rings (SSSR count). The van der Waals surface area contributed by atoms with E-state index < -0.39 is 14.2 Å². The van der Waals surface area contributed by atoms with Gasteiger partial charge in [0.1, 0.15) is 19.5 Å². The van der Waals surface area contributed by atoms with E-state index in [9.17, 15) is 9.50 Å². The lowest BCUT2D eigenvalue weighted by atomic mass is 9.95. The summed E-state index contributed by atoms with van der Waals surface area (Å²) >= 11 is 7.00. The van der Waals surface area contributed by atoms with Crippen molar-refractivity contribution >= 4 is 36.3 Å². The number of nitrogens with zero attached hydrogens (tertiary/aromatic N) is 6. The molecule has 1 aromatic carbocycles. The second-order valence-electron chi connectivity index (χ2n) is 14.1. The van der Waals surface area contributed by atoms with E-state index >= 15 is 0 Å². The van der Waals surface area contributed by atoms with Crippen LogP contribution in [0.15, 0.2) is 12.3 Å². The van der Waals surface area contributed by atoms with Gasteiger partial charge in [0.25, 0.3) is 0 Å². The van der Waals surface area contributed by atoms with Gasteiger partial charge in [-0.25, -0.2) is 9.07 Å². The van der Waals surface area contributed by atoms with E-state index in [2.05, 4.69) is 34.4 Å². The number of aromatic hydroxyl groups is 1. The highest BCUT2D eigenvalue weighted by molar-refractivity contribution is 6.76. The van der Waals surface area contributed by atoms with Gasteiger partial charge in [-0.2, -0.15) is 15.1 Å². The third-order valence-electron chi connectivity index (χ3n) is 9.68. The largest absolute Gasteiger partial charge is 0.493 e. The van der Waals surface area contributed by atoms with Crippen LogP contribution >= 0.6 is 11.6 Å². The van der Waals surface area contributed by atoms with Gasteiger partial charge in [0.05, 0.1) is 35.2 Å². The molecule has 3 fully saturated rings. The standard InChI is InChI=1S/C31H42ClFN6O3Si/c1-43(2,3)12-11-41-19-39-26-13-24(32)27(20-5-6-20)28(23(26)15-34-39)37-10-7-22-25(17-37)35-30(36-29(22)40)42-18-31-8-4-9-38(31)16-21(33)14-31/h13,15,20-21H,4-12,14,16-19H2,1-3H3,(H,35,36,40)/t21-,31+/m1/s1. The predicted octanol–water partition coefficient (Wildman–Crippen LogP) is 5.89. The lowest BCUT2D eigenvalue weighted by Crippen LogP contribution is -2.43. The highest BCUT2D eigenvalue weighted by Gasteiger charge is 2.49. The minimum absolute atomic E-state index is 0.0304. The summed E-state index contributed by atoms with van der Waals surface area (Å²) < 4.78 is 28.3. The monoisotopic (exact) mass is 628 g/mol. The summed E-state index contributed by atoms with van der Waals surface area (Å²) in [6.45, 7) is 11.0. The van der Waals surface area contributed by atoms with Gasteiger partial charge in [0.15, 0.2) is 0 Å². The average molecular weight is 629 g/mol. The van der Waals surface area contributed by atoms with E-state index in [0.29, 0.717) is 51.7 Å². The molecule has 4 aliphatic rings. The Morgan fingerprint density at radius 2 is 2.05 bits per heavy atom. The fourth-order valence-corrected chi connectivity index (χ4v) is 8.31. The molecule has 1 N–H and O–H groups in total. The van der Waals surface area contributed by atoms with E-state index in [-0.39, 0.29) is 17.4 Å². The smallest absolute Gasteiger partial charge is 0.320 e.